The fourth-order valence-corrected chi connectivity index (χ4v) is 2.43. The lowest BCUT2D eigenvalue weighted by atomic mass is 9.95. The molecule has 0 radical (unpaired) electrons. The highest BCUT2D eigenvalue weighted by Gasteiger charge is 2.31. The average molecular weight is 233 g/mol. The maximum absolute atomic E-state index is 10.6. The van der Waals surface area contributed by atoms with Crippen molar-refractivity contribution >= 4 is 6.29 Å². The molecule has 0 amide bonds. The van der Waals surface area contributed by atoms with Crippen molar-refractivity contribution < 1.29 is 9.53 Å². The van der Waals surface area contributed by atoms with Crippen LogP contribution in [-0.4, -0.2) is 36.9 Å². The number of aldehydes is 1. The van der Waals surface area contributed by atoms with Crippen molar-refractivity contribution in [3.63, 3.8) is 0 Å². The first-order valence-electron chi connectivity index (χ1n) is 6.04. The van der Waals surface area contributed by atoms with Gasteiger partial charge in [-0.25, -0.2) is 0 Å². The summed E-state index contributed by atoms with van der Waals surface area (Å²) in [5, 5.41) is 0. The molecule has 2 rings (SSSR count). The van der Waals surface area contributed by atoms with Crippen LogP contribution in [0.2, 0.25) is 0 Å². The quantitative estimate of drug-likeness (QED) is 0.751. The number of carbonyl (C=O) groups is 1. The molecular formula is C14H19NO2. The number of carbonyl (C=O) groups excluding carboxylic acids is 1. The van der Waals surface area contributed by atoms with Crippen molar-refractivity contribution in [3.8, 4) is 5.75 Å². The molecule has 1 aromatic carbocycles. The number of ether oxygens (including phenoxy) is 1. The molecule has 1 unspecified atom stereocenters. The van der Waals surface area contributed by atoms with Crippen molar-refractivity contribution in [2.24, 2.45) is 0 Å². The Balaban J connectivity index is 2.05. The fraction of sp³-hybridized carbons (Fsp3) is 0.500. The van der Waals surface area contributed by atoms with Crippen LogP contribution in [0.15, 0.2) is 24.3 Å². The summed E-state index contributed by atoms with van der Waals surface area (Å²) >= 11 is 0. The largest absolute Gasteiger partial charge is 0.486 e. The van der Waals surface area contributed by atoms with Crippen LogP contribution in [-0.2, 0) is 0 Å². The monoisotopic (exact) mass is 233 g/mol. The Hall–Kier alpha value is -1.35. The lowest BCUT2D eigenvalue weighted by molar-refractivity contribution is 0.0156. The molecule has 0 spiro atoms. The normalized spacial score (nSPS) is 25.5. The maximum Gasteiger partial charge on any atom is 0.150 e. The molecule has 0 saturated carbocycles. The minimum Gasteiger partial charge on any atom is -0.486 e. The minimum absolute atomic E-state index is 0.115. The molecule has 3 heteroatoms. The number of rotatable bonds is 3. The van der Waals surface area contributed by atoms with Gasteiger partial charge in [0, 0.05) is 12.1 Å². The highest BCUT2D eigenvalue weighted by molar-refractivity contribution is 5.74. The molecule has 0 aromatic heterocycles. The van der Waals surface area contributed by atoms with E-state index in [1.165, 1.54) is 6.42 Å². The van der Waals surface area contributed by atoms with Crippen LogP contribution in [0.1, 0.15) is 30.1 Å². The number of hydrogen-bond donors (Lipinski definition) is 0. The predicted molar refractivity (Wildman–Crippen MR) is 67.6 cm³/mol. The second-order valence-electron chi connectivity index (χ2n) is 5.08. The van der Waals surface area contributed by atoms with Crippen LogP contribution in [0.5, 0.6) is 5.75 Å². The van der Waals surface area contributed by atoms with Gasteiger partial charge in [-0.15, -0.1) is 0 Å². The van der Waals surface area contributed by atoms with Gasteiger partial charge in [0.15, 0.2) is 0 Å². The van der Waals surface area contributed by atoms with Crippen LogP contribution >= 0.6 is 0 Å². The van der Waals surface area contributed by atoms with Crippen LogP contribution in [0.3, 0.4) is 0 Å². The molecule has 0 aliphatic carbocycles. The van der Waals surface area contributed by atoms with Crippen LogP contribution < -0.4 is 4.74 Å². The number of nitrogens with zero attached hydrogens (tertiary/aromatic N) is 1. The van der Waals surface area contributed by atoms with Gasteiger partial charge in [-0.1, -0.05) is 0 Å². The van der Waals surface area contributed by atoms with Crippen molar-refractivity contribution in [2.75, 3.05) is 20.1 Å². The van der Waals surface area contributed by atoms with Crippen LogP contribution in [0, 0.1) is 0 Å². The van der Waals surface area contributed by atoms with E-state index in [-0.39, 0.29) is 5.60 Å². The zero-order valence-electron chi connectivity index (χ0n) is 10.5. The summed E-state index contributed by atoms with van der Waals surface area (Å²) in [5.41, 5.74) is 0.568. The van der Waals surface area contributed by atoms with E-state index in [1.807, 2.05) is 12.1 Å². The molecule has 1 aliphatic heterocycles. The van der Waals surface area contributed by atoms with E-state index < -0.39 is 0 Å². The third kappa shape index (κ3) is 3.07. The maximum atomic E-state index is 10.6. The van der Waals surface area contributed by atoms with E-state index in [4.69, 9.17) is 4.74 Å². The summed E-state index contributed by atoms with van der Waals surface area (Å²) in [6, 6.07) is 7.31. The first-order valence-corrected chi connectivity index (χ1v) is 6.04. The molecule has 1 aromatic rings. The topological polar surface area (TPSA) is 29.5 Å². The van der Waals surface area contributed by atoms with Crippen molar-refractivity contribution in [1.29, 1.82) is 0 Å². The number of likely N-dealkylation sites (N-methyl/N-ethyl adjacent to an activating group) is 1. The Morgan fingerprint density at radius 2 is 2.06 bits per heavy atom. The van der Waals surface area contributed by atoms with Gasteiger partial charge < -0.3 is 9.64 Å². The van der Waals surface area contributed by atoms with Crippen molar-refractivity contribution in [3.05, 3.63) is 29.8 Å². The SMILES string of the molecule is CN1CCCC(C)(Oc2ccc(C=O)cc2)C1. The molecule has 1 heterocycles. The van der Waals surface area contributed by atoms with Crippen molar-refractivity contribution in [1.82, 2.24) is 4.90 Å². The third-order valence-electron chi connectivity index (χ3n) is 3.23. The highest BCUT2D eigenvalue weighted by atomic mass is 16.5. The van der Waals surface area contributed by atoms with Crippen molar-refractivity contribution in [2.45, 2.75) is 25.4 Å². The molecule has 1 atom stereocenters. The number of benzene rings is 1. The summed E-state index contributed by atoms with van der Waals surface area (Å²) in [7, 11) is 2.12. The lowest BCUT2D eigenvalue weighted by Crippen LogP contribution is -2.48. The first-order chi connectivity index (χ1) is 8.11. The summed E-state index contributed by atoms with van der Waals surface area (Å²) < 4.78 is 6.06. The molecule has 1 saturated heterocycles. The van der Waals surface area contributed by atoms with E-state index in [0.717, 1.165) is 31.5 Å². The number of piperidine rings is 1. The van der Waals surface area contributed by atoms with E-state index in [9.17, 15) is 4.79 Å². The average Bonchev–Trinajstić information content (AvgIpc) is 2.29. The van der Waals surface area contributed by atoms with Crippen LogP contribution in [0.4, 0.5) is 0 Å². The second-order valence-corrected chi connectivity index (χ2v) is 5.08. The summed E-state index contributed by atoms with van der Waals surface area (Å²) in [6.07, 6.45) is 3.09. The van der Waals surface area contributed by atoms with E-state index >= 15 is 0 Å². The number of likely N-dealkylation sites (tertiary alicyclic amines) is 1. The Bertz CT molecular complexity index is 388. The van der Waals surface area contributed by atoms with Gasteiger partial charge in [-0.2, -0.15) is 0 Å². The van der Waals surface area contributed by atoms with Crippen LogP contribution in [0.25, 0.3) is 0 Å². The van der Waals surface area contributed by atoms with Gasteiger partial charge in [-0.3, -0.25) is 4.79 Å². The third-order valence-corrected chi connectivity index (χ3v) is 3.23. The smallest absolute Gasteiger partial charge is 0.150 e. The summed E-state index contributed by atoms with van der Waals surface area (Å²) in [5.74, 6) is 0.841. The molecule has 1 fully saturated rings. The Kier molecular flexibility index (Phi) is 3.48. The molecular weight excluding hydrogens is 214 g/mol. The Morgan fingerprint density at radius 3 is 2.65 bits per heavy atom. The summed E-state index contributed by atoms with van der Waals surface area (Å²) in [4.78, 5) is 12.9. The Labute approximate surface area is 102 Å². The molecule has 17 heavy (non-hydrogen) atoms. The van der Waals surface area contributed by atoms with Gasteiger partial charge in [0.2, 0.25) is 0 Å². The zero-order valence-corrected chi connectivity index (χ0v) is 10.5. The van der Waals surface area contributed by atoms with E-state index in [0.29, 0.717) is 5.56 Å². The Morgan fingerprint density at radius 1 is 1.35 bits per heavy atom. The van der Waals surface area contributed by atoms with Gasteiger partial charge in [-0.05, 0) is 57.6 Å². The number of hydrogen-bond acceptors (Lipinski definition) is 3. The molecule has 0 bridgehead atoms. The minimum atomic E-state index is -0.115. The first kappa shape index (κ1) is 12.1. The lowest BCUT2D eigenvalue weighted by Gasteiger charge is -2.38. The highest BCUT2D eigenvalue weighted by Crippen LogP contribution is 2.26. The second kappa shape index (κ2) is 4.88. The molecule has 0 N–H and O–H groups in total. The van der Waals surface area contributed by atoms with Gasteiger partial charge in [0.05, 0.1) is 0 Å². The van der Waals surface area contributed by atoms with Gasteiger partial charge in [0.1, 0.15) is 17.6 Å². The van der Waals surface area contributed by atoms with Gasteiger partial charge in [0.25, 0.3) is 0 Å². The molecule has 1 aliphatic rings. The van der Waals surface area contributed by atoms with E-state index in [2.05, 4.69) is 18.9 Å². The van der Waals surface area contributed by atoms with E-state index in [1.54, 1.807) is 12.1 Å². The summed E-state index contributed by atoms with van der Waals surface area (Å²) in [6.45, 7) is 4.24. The molecule has 3 nitrogen and oxygen atoms in total. The fourth-order valence-electron chi connectivity index (χ4n) is 2.43. The predicted octanol–water partition coefficient (Wildman–Crippen LogP) is 2.36. The standard InChI is InChI=1S/C14H19NO2/c1-14(8-3-9-15(2)11-14)17-13-6-4-12(10-16)5-7-13/h4-7,10H,3,8-9,11H2,1-2H3. The van der Waals surface area contributed by atoms with Gasteiger partial charge >= 0.3 is 0 Å². The zero-order chi connectivity index (χ0) is 12.3. The molecule has 92 valence electrons.